The number of anilines is 1. The molecule has 0 saturated carbocycles. The van der Waals surface area contributed by atoms with Gasteiger partial charge in [0.2, 0.25) is 0 Å². The minimum Gasteiger partial charge on any atom is -0.389 e. The standard InChI is InChI=1S/C13H22N4O3/c1-4-7-14-12-6-5-11(15-16-12)13(19)17(2)8-10(18)9-20-3/h5-6,10,18H,4,7-9H2,1-3H3,(H,14,16). The molecule has 0 spiro atoms. The molecule has 112 valence electrons. The summed E-state index contributed by atoms with van der Waals surface area (Å²) in [5, 5.41) is 20.5. The maximum absolute atomic E-state index is 12.1. The molecule has 0 fully saturated rings. The summed E-state index contributed by atoms with van der Waals surface area (Å²) in [7, 11) is 3.10. The van der Waals surface area contributed by atoms with Gasteiger partial charge in [-0.05, 0) is 18.6 Å². The number of amides is 1. The first-order valence-electron chi connectivity index (χ1n) is 6.58. The van der Waals surface area contributed by atoms with Gasteiger partial charge in [0.15, 0.2) is 5.69 Å². The van der Waals surface area contributed by atoms with Crippen LogP contribution < -0.4 is 5.32 Å². The molecule has 2 N–H and O–H groups in total. The first-order chi connectivity index (χ1) is 9.58. The predicted octanol–water partition coefficient (Wildman–Crippen LogP) is 0.378. The predicted molar refractivity (Wildman–Crippen MR) is 75.7 cm³/mol. The van der Waals surface area contributed by atoms with E-state index >= 15 is 0 Å². The molecular formula is C13H22N4O3. The Morgan fingerprint density at radius 1 is 1.50 bits per heavy atom. The highest BCUT2D eigenvalue weighted by atomic mass is 16.5. The third-order valence-corrected chi connectivity index (χ3v) is 2.63. The molecule has 1 aromatic rings. The summed E-state index contributed by atoms with van der Waals surface area (Å²) in [5.41, 5.74) is 0.249. The Balaban J connectivity index is 2.58. The molecule has 1 rings (SSSR count). The van der Waals surface area contributed by atoms with Gasteiger partial charge in [0.05, 0.1) is 12.7 Å². The van der Waals surface area contributed by atoms with Crippen LogP contribution in [0.5, 0.6) is 0 Å². The summed E-state index contributed by atoms with van der Waals surface area (Å²) in [6.07, 6.45) is 0.273. The van der Waals surface area contributed by atoms with Crippen molar-refractivity contribution in [2.24, 2.45) is 0 Å². The summed E-state index contributed by atoms with van der Waals surface area (Å²) in [5.74, 6) is 0.361. The second-order valence-corrected chi connectivity index (χ2v) is 4.53. The van der Waals surface area contributed by atoms with Gasteiger partial charge in [0, 0.05) is 27.2 Å². The molecule has 1 unspecified atom stereocenters. The molecule has 0 bridgehead atoms. The molecule has 0 aromatic carbocycles. The maximum atomic E-state index is 12.1. The van der Waals surface area contributed by atoms with Crippen LogP contribution in [0.2, 0.25) is 0 Å². The Morgan fingerprint density at radius 3 is 2.80 bits per heavy atom. The number of carbonyl (C=O) groups excluding carboxylic acids is 1. The number of carbonyl (C=O) groups is 1. The van der Waals surface area contributed by atoms with E-state index in [0.29, 0.717) is 5.82 Å². The van der Waals surface area contributed by atoms with Crippen LogP contribution in [0.3, 0.4) is 0 Å². The second kappa shape index (κ2) is 8.44. The van der Waals surface area contributed by atoms with Crippen molar-refractivity contribution in [3.8, 4) is 0 Å². The first kappa shape index (κ1) is 16.3. The molecule has 1 aromatic heterocycles. The summed E-state index contributed by atoms with van der Waals surface area (Å²) < 4.78 is 4.82. The third kappa shape index (κ3) is 5.10. The van der Waals surface area contributed by atoms with E-state index in [4.69, 9.17) is 4.74 Å². The first-order valence-corrected chi connectivity index (χ1v) is 6.58. The fraction of sp³-hybridized carbons (Fsp3) is 0.615. The van der Waals surface area contributed by atoms with Gasteiger partial charge in [-0.25, -0.2) is 0 Å². The van der Waals surface area contributed by atoms with Crippen molar-refractivity contribution in [1.82, 2.24) is 15.1 Å². The molecule has 0 aliphatic rings. The number of nitrogens with zero attached hydrogens (tertiary/aromatic N) is 3. The van der Waals surface area contributed by atoms with Crippen molar-refractivity contribution >= 4 is 11.7 Å². The molecule has 0 aliphatic heterocycles. The molecule has 0 aliphatic carbocycles. The maximum Gasteiger partial charge on any atom is 0.274 e. The van der Waals surface area contributed by atoms with E-state index in [1.807, 2.05) is 0 Å². The van der Waals surface area contributed by atoms with Crippen LogP contribution in [-0.2, 0) is 4.74 Å². The number of aromatic nitrogens is 2. The lowest BCUT2D eigenvalue weighted by Gasteiger charge is -2.19. The van der Waals surface area contributed by atoms with Crippen LogP contribution >= 0.6 is 0 Å². The Bertz CT molecular complexity index is 411. The van der Waals surface area contributed by atoms with Gasteiger partial charge in [-0.3, -0.25) is 4.79 Å². The lowest BCUT2D eigenvalue weighted by molar-refractivity contribution is 0.0377. The van der Waals surface area contributed by atoms with Crippen molar-refractivity contribution in [3.05, 3.63) is 17.8 Å². The quantitative estimate of drug-likeness (QED) is 0.716. The van der Waals surface area contributed by atoms with Crippen LogP contribution in [-0.4, -0.2) is 66.1 Å². The molecular weight excluding hydrogens is 260 g/mol. The zero-order chi connectivity index (χ0) is 15.0. The van der Waals surface area contributed by atoms with E-state index in [-0.39, 0.29) is 24.8 Å². The van der Waals surface area contributed by atoms with Crippen LogP contribution in [0, 0.1) is 0 Å². The highest BCUT2D eigenvalue weighted by molar-refractivity contribution is 5.92. The van der Waals surface area contributed by atoms with E-state index in [1.165, 1.54) is 12.0 Å². The smallest absolute Gasteiger partial charge is 0.274 e. The van der Waals surface area contributed by atoms with Gasteiger partial charge < -0.3 is 20.1 Å². The summed E-state index contributed by atoms with van der Waals surface area (Å²) in [4.78, 5) is 13.5. The van der Waals surface area contributed by atoms with Crippen molar-refractivity contribution in [2.45, 2.75) is 19.4 Å². The largest absolute Gasteiger partial charge is 0.389 e. The van der Waals surface area contributed by atoms with Gasteiger partial charge >= 0.3 is 0 Å². The topological polar surface area (TPSA) is 87.6 Å². The van der Waals surface area contributed by atoms with Gasteiger partial charge in [-0.2, -0.15) is 0 Å². The Labute approximate surface area is 119 Å². The molecule has 1 atom stereocenters. The molecule has 0 radical (unpaired) electrons. The Kier molecular flexibility index (Phi) is 6.89. The summed E-state index contributed by atoms with van der Waals surface area (Å²) in [6, 6.07) is 3.34. The average Bonchev–Trinajstić information content (AvgIpc) is 2.45. The normalized spacial score (nSPS) is 12.0. The number of likely N-dealkylation sites (N-methyl/N-ethyl adjacent to an activating group) is 1. The number of nitrogens with one attached hydrogen (secondary N) is 1. The Hall–Kier alpha value is -1.73. The lowest BCUT2D eigenvalue weighted by atomic mass is 10.3. The van der Waals surface area contributed by atoms with Crippen molar-refractivity contribution in [1.29, 1.82) is 0 Å². The molecule has 20 heavy (non-hydrogen) atoms. The number of hydrogen-bond acceptors (Lipinski definition) is 6. The summed E-state index contributed by atoms with van der Waals surface area (Å²) >= 11 is 0. The fourth-order valence-corrected chi connectivity index (χ4v) is 1.63. The number of hydrogen-bond donors (Lipinski definition) is 2. The van der Waals surface area contributed by atoms with Gasteiger partial charge in [-0.15, -0.1) is 10.2 Å². The van der Waals surface area contributed by atoms with Gasteiger partial charge in [-0.1, -0.05) is 6.92 Å². The molecule has 1 heterocycles. The SMILES string of the molecule is CCCNc1ccc(C(=O)N(C)CC(O)COC)nn1. The molecule has 1 amide bonds. The van der Waals surface area contributed by atoms with E-state index < -0.39 is 6.10 Å². The van der Waals surface area contributed by atoms with Crippen molar-refractivity contribution in [2.75, 3.05) is 39.2 Å². The molecule has 7 heteroatoms. The van der Waals surface area contributed by atoms with Crippen LogP contribution in [0.1, 0.15) is 23.8 Å². The van der Waals surface area contributed by atoms with E-state index in [1.54, 1.807) is 19.2 Å². The Morgan fingerprint density at radius 2 is 2.25 bits per heavy atom. The molecule has 7 nitrogen and oxygen atoms in total. The minimum atomic E-state index is -0.715. The average molecular weight is 282 g/mol. The number of rotatable bonds is 8. The van der Waals surface area contributed by atoms with E-state index in [0.717, 1.165) is 13.0 Å². The number of ether oxygens (including phenoxy) is 1. The van der Waals surface area contributed by atoms with E-state index in [9.17, 15) is 9.90 Å². The van der Waals surface area contributed by atoms with Crippen molar-refractivity contribution < 1.29 is 14.6 Å². The fourth-order valence-electron chi connectivity index (χ4n) is 1.63. The number of aliphatic hydroxyl groups excluding tert-OH is 1. The van der Waals surface area contributed by atoms with Crippen LogP contribution in [0.4, 0.5) is 5.82 Å². The minimum absolute atomic E-state index is 0.184. The number of methoxy groups -OCH3 is 1. The molecule has 0 saturated heterocycles. The van der Waals surface area contributed by atoms with E-state index in [2.05, 4.69) is 22.4 Å². The van der Waals surface area contributed by atoms with Gasteiger partial charge in [0.25, 0.3) is 5.91 Å². The van der Waals surface area contributed by atoms with Crippen LogP contribution in [0.15, 0.2) is 12.1 Å². The summed E-state index contributed by atoms with van der Waals surface area (Å²) in [6.45, 7) is 3.23. The van der Waals surface area contributed by atoms with Gasteiger partial charge in [0.1, 0.15) is 5.82 Å². The zero-order valence-electron chi connectivity index (χ0n) is 12.2. The number of aliphatic hydroxyl groups is 1. The zero-order valence-corrected chi connectivity index (χ0v) is 12.2. The third-order valence-electron chi connectivity index (χ3n) is 2.63. The lowest BCUT2D eigenvalue weighted by Crippen LogP contribution is -2.36. The highest BCUT2D eigenvalue weighted by Gasteiger charge is 2.17. The monoisotopic (exact) mass is 282 g/mol. The van der Waals surface area contributed by atoms with Crippen LogP contribution in [0.25, 0.3) is 0 Å². The highest BCUT2D eigenvalue weighted by Crippen LogP contribution is 2.05. The second-order valence-electron chi connectivity index (χ2n) is 4.53. The van der Waals surface area contributed by atoms with Crippen molar-refractivity contribution in [3.63, 3.8) is 0 Å².